The minimum atomic E-state index is -3.66. The number of benzene rings is 1. The Morgan fingerprint density at radius 1 is 1.47 bits per heavy atom. The van der Waals surface area contributed by atoms with Gasteiger partial charge < -0.3 is 10.8 Å². The van der Waals surface area contributed by atoms with Gasteiger partial charge in [-0.2, -0.15) is 11.8 Å². The van der Waals surface area contributed by atoms with Gasteiger partial charge in [0.25, 0.3) is 0 Å². The maximum atomic E-state index is 12.2. The fourth-order valence-electron chi connectivity index (χ4n) is 1.61. The number of nitrogen functional groups attached to an aromatic ring is 1. The highest BCUT2D eigenvalue weighted by atomic mass is 32.2. The summed E-state index contributed by atoms with van der Waals surface area (Å²) in [4.78, 5) is 0.146. The van der Waals surface area contributed by atoms with Gasteiger partial charge in [-0.25, -0.2) is 13.1 Å². The van der Waals surface area contributed by atoms with E-state index in [9.17, 15) is 13.5 Å². The Morgan fingerprint density at radius 3 is 2.68 bits per heavy atom. The lowest BCUT2D eigenvalue weighted by Crippen LogP contribution is -2.42. The van der Waals surface area contributed by atoms with Crippen LogP contribution < -0.4 is 10.5 Å². The van der Waals surface area contributed by atoms with Gasteiger partial charge >= 0.3 is 0 Å². The summed E-state index contributed by atoms with van der Waals surface area (Å²) in [6.45, 7) is 3.21. The van der Waals surface area contributed by atoms with Crippen LogP contribution >= 0.6 is 11.8 Å². The second-order valence-electron chi connectivity index (χ2n) is 4.72. The zero-order valence-electron chi connectivity index (χ0n) is 11.3. The van der Waals surface area contributed by atoms with Crippen molar-refractivity contribution in [2.75, 3.05) is 24.3 Å². The lowest BCUT2D eigenvalue weighted by Gasteiger charge is -2.22. The first-order valence-corrected chi connectivity index (χ1v) is 8.63. The van der Waals surface area contributed by atoms with Crippen LogP contribution in [-0.2, 0) is 10.0 Å². The van der Waals surface area contributed by atoms with Crippen molar-refractivity contribution in [3.63, 3.8) is 0 Å². The van der Waals surface area contributed by atoms with E-state index in [4.69, 9.17) is 5.73 Å². The molecule has 0 fully saturated rings. The third kappa shape index (κ3) is 4.38. The van der Waals surface area contributed by atoms with Crippen molar-refractivity contribution < 1.29 is 13.5 Å². The Labute approximate surface area is 118 Å². The smallest absolute Gasteiger partial charge is 0.241 e. The molecule has 0 aromatic heterocycles. The Balaban J connectivity index is 2.91. The Bertz CT molecular complexity index is 542. The second-order valence-corrected chi connectivity index (χ2v) is 7.33. The van der Waals surface area contributed by atoms with Crippen molar-refractivity contribution >= 4 is 27.5 Å². The average Bonchev–Trinajstić information content (AvgIpc) is 2.30. The van der Waals surface area contributed by atoms with E-state index < -0.39 is 15.6 Å². The predicted octanol–water partition coefficient (Wildman–Crippen LogP) is 0.970. The molecule has 0 saturated carbocycles. The van der Waals surface area contributed by atoms with Crippen molar-refractivity contribution in [2.24, 2.45) is 0 Å². The van der Waals surface area contributed by atoms with Crippen molar-refractivity contribution in [1.29, 1.82) is 0 Å². The number of thioether (sulfide) groups is 1. The third-order valence-electron chi connectivity index (χ3n) is 2.71. The number of sulfonamides is 1. The summed E-state index contributed by atoms with van der Waals surface area (Å²) in [7, 11) is -3.66. The fourth-order valence-corrected chi connectivity index (χ4v) is 3.77. The number of nitrogens with two attached hydrogens (primary N) is 1. The van der Waals surface area contributed by atoms with E-state index in [1.54, 1.807) is 26.0 Å². The molecule has 19 heavy (non-hydrogen) atoms. The molecule has 5 nitrogen and oxygen atoms in total. The van der Waals surface area contributed by atoms with Crippen LogP contribution in [0.15, 0.2) is 23.1 Å². The predicted molar refractivity (Wildman–Crippen MR) is 79.8 cm³/mol. The van der Waals surface area contributed by atoms with Crippen LogP contribution in [0.4, 0.5) is 5.69 Å². The fraction of sp³-hybridized carbons (Fsp3) is 0.500. The monoisotopic (exact) mass is 304 g/mol. The molecule has 0 aliphatic rings. The summed E-state index contributed by atoms with van der Waals surface area (Å²) < 4.78 is 26.8. The topological polar surface area (TPSA) is 92.4 Å². The highest BCUT2D eigenvalue weighted by molar-refractivity contribution is 7.98. The Kier molecular flexibility index (Phi) is 5.26. The molecule has 1 aromatic carbocycles. The van der Waals surface area contributed by atoms with Crippen LogP contribution in [0.2, 0.25) is 0 Å². The summed E-state index contributed by atoms with van der Waals surface area (Å²) in [5.74, 6) is 0.450. The van der Waals surface area contributed by atoms with E-state index >= 15 is 0 Å². The van der Waals surface area contributed by atoms with Crippen LogP contribution in [0.25, 0.3) is 0 Å². The lowest BCUT2D eigenvalue weighted by molar-refractivity contribution is 0.0908. The highest BCUT2D eigenvalue weighted by Crippen LogP contribution is 2.20. The molecule has 1 unspecified atom stereocenters. The van der Waals surface area contributed by atoms with Gasteiger partial charge in [-0.05, 0) is 37.8 Å². The summed E-state index contributed by atoms with van der Waals surface area (Å²) in [5, 5.41) is 9.98. The molecule has 1 atom stereocenters. The number of nitrogens with one attached hydrogen (secondary N) is 1. The summed E-state index contributed by atoms with van der Waals surface area (Å²) in [6, 6.07) is 4.74. The summed E-state index contributed by atoms with van der Waals surface area (Å²) in [5.41, 5.74) is 5.56. The van der Waals surface area contributed by atoms with Crippen molar-refractivity contribution in [3.8, 4) is 0 Å². The zero-order valence-corrected chi connectivity index (χ0v) is 12.9. The van der Waals surface area contributed by atoms with Crippen LogP contribution in [0, 0.1) is 6.92 Å². The minimum Gasteiger partial charge on any atom is -0.398 e. The van der Waals surface area contributed by atoms with Gasteiger partial charge in [0, 0.05) is 18.0 Å². The molecule has 108 valence electrons. The lowest BCUT2D eigenvalue weighted by atomic mass is 10.1. The molecular formula is C12H20N2O3S2. The van der Waals surface area contributed by atoms with Crippen molar-refractivity contribution in [2.45, 2.75) is 24.3 Å². The zero-order chi connectivity index (χ0) is 14.7. The normalized spacial score (nSPS) is 15.2. The maximum Gasteiger partial charge on any atom is 0.241 e. The molecule has 7 heteroatoms. The molecule has 1 rings (SSSR count). The first kappa shape index (κ1) is 16.3. The van der Waals surface area contributed by atoms with E-state index in [0.717, 1.165) is 0 Å². The molecular weight excluding hydrogens is 284 g/mol. The SMILES string of the molecule is CSCC(C)(O)CNS(=O)(=O)c1cccc(N)c1C. The first-order chi connectivity index (χ1) is 8.69. The molecule has 0 heterocycles. The molecule has 0 aliphatic carbocycles. The Hall–Kier alpha value is -0.760. The molecule has 0 bridgehead atoms. The van der Waals surface area contributed by atoms with Gasteiger partial charge in [0.1, 0.15) is 0 Å². The minimum absolute atomic E-state index is 0.0373. The van der Waals surface area contributed by atoms with Gasteiger partial charge in [0.2, 0.25) is 10.0 Å². The number of hydrogen-bond acceptors (Lipinski definition) is 5. The first-order valence-electron chi connectivity index (χ1n) is 5.76. The molecule has 0 spiro atoms. The van der Waals surface area contributed by atoms with Crippen molar-refractivity contribution in [1.82, 2.24) is 4.72 Å². The van der Waals surface area contributed by atoms with Crippen LogP contribution in [-0.4, -0.2) is 37.7 Å². The van der Waals surface area contributed by atoms with Crippen molar-refractivity contribution in [3.05, 3.63) is 23.8 Å². The molecule has 0 amide bonds. The van der Waals surface area contributed by atoms with Gasteiger partial charge in [-0.3, -0.25) is 0 Å². The number of rotatable bonds is 6. The van der Waals surface area contributed by atoms with Gasteiger partial charge in [-0.1, -0.05) is 6.07 Å². The van der Waals surface area contributed by atoms with Crippen LogP contribution in [0.3, 0.4) is 0 Å². The average molecular weight is 304 g/mol. The third-order valence-corrected chi connectivity index (χ3v) is 5.17. The van der Waals surface area contributed by atoms with E-state index in [1.807, 2.05) is 6.26 Å². The molecule has 4 N–H and O–H groups in total. The standard InChI is InChI=1S/C12H20N2O3S2/c1-9-10(13)5-4-6-11(9)19(16,17)14-7-12(2,15)8-18-3/h4-6,14-15H,7-8,13H2,1-3H3. The molecule has 0 saturated heterocycles. The summed E-state index contributed by atoms with van der Waals surface area (Å²) in [6.07, 6.45) is 1.85. The van der Waals surface area contributed by atoms with Gasteiger partial charge in [0.05, 0.1) is 10.5 Å². The van der Waals surface area contributed by atoms with E-state index in [1.165, 1.54) is 17.8 Å². The quantitative estimate of drug-likeness (QED) is 0.681. The number of aliphatic hydroxyl groups is 1. The van der Waals surface area contributed by atoms with Crippen LogP contribution in [0.1, 0.15) is 12.5 Å². The Morgan fingerprint density at radius 2 is 2.11 bits per heavy atom. The molecule has 0 aliphatic heterocycles. The maximum absolute atomic E-state index is 12.2. The van der Waals surface area contributed by atoms with Gasteiger partial charge in [-0.15, -0.1) is 0 Å². The van der Waals surface area contributed by atoms with E-state index in [-0.39, 0.29) is 11.4 Å². The summed E-state index contributed by atoms with van der Waals surface area (Å²) >= 11 is 1.46. The van der Waals surface area contributed by atoms with E-state index in [0.29, 0.717) is 17.0 Å². The van der Waals surface area contributed by atoms with E-state index in [2.05, 4.69) is 4.72 Å². The van der Waals surface area contributed by atoms with Crippen LogP contribution in [0.5, 0.6) is 0 Å². The molecule has 1 aromatic rings. The largest absolute Gasteiger partial charge is 0.398 e. The second kappa shape index (κ2) is 6.13. The highest BCUT2D eigenvalue weighted by Gasteiger charge is 2.24. The number of anilines is 1. The molecule has 0 radical (unpaired) electrons. The number of hydrogen-bond donors (Lipinski definition) is 3. The van der Waals surface area contributed by atoms with Gasteiger partial charge in [0.15, 0.2) is 0 Å².